The number of hydrogen-bond acceptors (Lipinski definition) is 16. The van der Waals surface area contributed by atoms with E-state index in [1.165, 1.54) is 23.7 Å². The Hall–Kier alpha value is -4.87. The number of hydroxylamine groups is 2. The number of nitrogens with two attached hydrogens (primary N) is 1. The van der Waals surface area contributed by atoms with Gasteiger partial charge in [-0.25, -0.2) is 10.1 Å². The Morgan fingerprint density at radius 3 is 1.27 bits per heavy atom. The van der Waals surface area contributed by atoms with Crippen LogP contribution in [0.5, 0.6) is 0 Å². The molecule has 0 radical (unpaired) electrons. The largest absolute Gasteiger partial charge is 0.350 e. The molecule has 0 aliphatic rings. The molecule has 5 rings (SSSR count). The van der Waals surface area contributed by atoms with Gasteiger partial charge in [0.1, 0.15) is 0 Å². The first-order chi connectivity index (χ1) is 23.7. The molecule has 0 aliphatic heterocycles. The van der Waals surface area contributed by atoms with Crippen LogP contribution in [-0.4, -0.2) is 73.2 Å². The molecular weight excluding hydrogens is 671 g/mol. The summed E-state index contributed by atoms with van der Waals surface area (Å²) >= 11 is 11.0. The predicted octanol–water partition coefficient (Wildman–Crippen LogP) is 5.02. The second-order valence-electron chi connectivity index (χ2n) is 9.50. The van der Waals surface area contributed by atoms with Gasteiger partial charge >= 0.3 is 0 Å². The molecule has 0 unspecified atom stereocenters. The maximum Gasteiger partial charge on any atom is 0.256 e. The first-order valence-corrected chi connectivity index (χ1v) is 15.7. The van der Waals surface area contributed by atoms with Gasteiger partial charge in [-0.15, -0.1) is 0 Å². The van der Waals surface area contributed by atoms with Crippen molar-refractivity contribution in [2.75, 3.05) is 49.1 Å². The third-order valence-electron chi connectivity index (χ3n) is 5.69. The maximum atomic E-state index is 5.52. The molecule has 4 N–H and O–H groups in total. The van der Waals surface area contributed by atoms with E-state index in [1.54, 1.807) is 58.4 Å². The van der Waals surface area contributed by atoms with Gasteiger partial charge in [0.25, 0.3) is 11.9 Å². The summed E-state index contributed by atoms with van der Waals surface area (Å²) in [5.41, 5.74) is 8.60. The molecule has 0 aliphatic carbocycles. The van der Waals surface area contributed by atoms with Crippen molar-refractivity contribution in [3.05, 3.63) is 101 Å². The Labute approximate surface area is 296 Å². The standard InChI is InChI=1S/C17H20N8O.C6H8N2.C5H6Cl2N4O.C3H8/c1-25(26-2)17-23-15(20-11-13-3-7-18-8-4-13)22-16(24-17)21-12-14-5-9-19-10-6-14;7-5-6-1-3-8-4-2-6;1-11(12-2)5-9-3(6)8-4(7)10-5;1-3-2/h3-10H,11-12H2,1-2H3,(H2,20,21,22,23,24);1-4H,5,7H2;1-2H3;3H2,1-2H3. The van der Waals surface area contributed by atoms with Crippen molar-refractivity contribution in [1.29, 1.82) is 0 Å². The number of hydrogen-bond donors (Lipinski definition) is 3. The summed E-state index contributed by atoms with van der Waals surface area (Å²) in [6, 6.07) is 11.5. The van der Waals surface area contributed by atoms with Gasteiger partial charge in [0.2, 0.25) is 22.5 Å². The SMILES string of the molecule is CCC.CON(C)c1nc(Cl)nc(Cl)n1.CON(C)c1nc(NCc2ccncc2)nc(NCc2ccncc2)n1.NCc1ccncc1. The van der Waals surface area contributed by atoms with Gasteiger partial charge in [0.15, 0.2) is 0 Å². The lowest BCUT2D eigenvalue weighted by Crippen LogP contribution is -2.20. The molecule has 0 bridgehead atoms. The highest BCUT2D eigenvalue weighted by Crippen LogP contribution is 2.15. The summed E-state index contributed by atoms with van der Waals surface area (Å²) in [4.78, 5) is 46.1. The lowest BCUT2D eigenvalue weighted by molar-refractivity contribution is 0.180. The van der Waals surface area contributed by atoms with Gasteiger partial charge in [-0.05, 0) is 76.3 Å². The average molecular weight is 714 g/mol. The number of anilines is 4. The van der Waals surface area contributed by atoms with E-state index in [1.807, 2.05) is 36.4 Å². The summed E-state index contributed by atoms with van der Waals surface area (Å²) in [6.45, 7) is 6.00. The highest BCUT2D eigenvalue weighted by molar-refractivity contribution is 6.31. The highest BCUT2D eigenvalue weighted by Gasteiger charge is 2.11. The van der Waals surface area contributed by atoms with Crippen LogP contribution in [0, 0.1) is 0 Å². The van der Waals surface area contributed by atoms with Crippen molar-refractivity contribution in [1.82, 2.24) is 44.9 Å². The molecule has 0 fully saturated rings. The van der Waals surface area contributed by atoms with Crippen molar-refractivity contribution in [2.24, 2.45) is 5.73 Å². The Bertz CT molecular complexity index is 1510. The van der Waals surface area contributed by atoms with E-state index >= 15 is 0 Å². The molecule has 0 aromatic carbocycles. The third kappa shape index (κ3) is 16.2. The van der Waals surface area contributed by atoms with E-state index in [9.17, 15) is 0 Å². The molecule has 16 nitrogen and oxygen atoms in total. The fourth-order valence-corrected chi connectivity index (χ4v) is 3.52. The quantitative estimate of drug-likeness (QED) is 0.155. The minimum absolute atomic E-state index is 0.0360. The zero-order chi connectivity index (χ0) is 35.9. The molecule has 5 aromatic heterocycles. The molecule has 262 valence electrons. The van der Waals surface area contributed by atoms with Crippen LogP contribution in [-0.2, 0) is 29.3 Å². The molecule has 0 spiro atoms. The van der Waals surface area contributed by atoms with Crippen LogP contribution < -0.4 is 26.5 Å². The van der Waals surface area contributed by atoms with Crippen molar-refractivity contribution in [2.45, 2.75) is 39.9 Å². The zero-order valence-electron chi connectivity index (χ0n) is 28.3. The third-order valence-corrected chi connectivity index (χ3v) is 6.03. The number of aromatic nitrogens is 9. The maximum absolute atomic E-state index is 5.52. The summed E-state index contributed by atoms with van der Waals surface area (Å²) in [7, 11) is 6.39. The van der Waals surface area contributed by atoms with E-state index in [-0.39, 0.29) is 16.5 Å². The van der Waals surface area contributed by atoms with Crippen LogP contribution in [0.2, 0.25) is 10.6 Å². The zero-order valence-corrected chi connectivity index (χ0v) is 29.8. The molecule has 5 aromatic rings. The van der Waals surface area contributed by atoms with Crippen LogP contribution >= 0.6 is 23.2 Å². The molecule has 0 saturated heterocycles. The molecule has 49 heavy (non-hydrogen) atoms. The molecular formula is C31H42Cl2N14O2. The summed E-state index contributed by atoms with van der Waals surface area (Å²) in [5, 5.41) is 9.25. The highest BCUT2D eigenvalue weighted by atomic mass is 35.5. The molecule has 0 amide bonds. The Morgan fingerprint density at radius 2 is 0.939 bits per heavy atom. The second kappa shape index (κ2) is 23.5. The minimum Gasteiger partial charge on any atom is -0.350 e. The summed E-state index contributed by atoms with van der Waals surface area (Å²) < 4.78 is 0. The molecule has 0 atom stereocenters. The Morgan fingerprint density at radius 1 is 0.592 bits per heavy atom. The van der Waals surface area contributed by atoms with E-state index in [2.05, 4.69) is 69.3 Å². The van der Waals surface area contributed by atoms with E-state index < -0.39 is 0 Å². The van der Waals surface area contributed by atoms with Gasteiger partial charge in [0, 0.05) is 70.9 Å². The summed E-state index contributed by atoms with van der Waals surface area (Å²) in [6.07, 6.45) is 11.7. The molecule has 0 saturated carbocycles. The van der Waals surface area contributed by atoms with Crippen molar-refractivity contribution in [3.8, 4) is 0 Å². The van der Waals surface area contributed by atoms with Gasteiger partial charge in [0.05, 0.1) is 14.2 Å². The average Bonchev–Trinajstić information content (AvgIpc) is 3.14. The van der Waals surface area contributed by atoms with Crippen molar-refractivity contribution >= 4 is 47.0 Å². The van der Waals surface area contributed by atoms with E-state index in [0.717, 1.165) is 16.7 Å². The van der Waals surface area contributed by atoms with Crippen LogP contribution in [0.3, 0.4) is 0 Å². The Kier molecular flexibility index (Phi) is 19.3. The second-order valence-corrected chi connectivity index (χ2v) is 10.2. The lowest BCUT2D eigenvalue weighted by atomic mass is 10.3. The number of rotatable bonds is 11. The van der Waals surface area contributed by atoms with Crippen molar-refractivity contribution < 1.29 is 9.68 Å². The topological polar surface area (TPSA) is 191 Å². The smallest absolute Gasteiger partial charge is 0.256 e. The monoisotopic (exact) mass is 712 g/mol. The lowest BCUT2D eigenvalue weighted by Gasteiger charge is -2.16. The normalized spacial score (nSPS) is 9.82. The first-order valence-electron chi connectivity index (χ1n) is 15.0. The first kappa shape index (κ1) is 40.3. The van der Waals surface area contributed by atoms with Crippen LogP contribution in [0.4, 0.5) is 23.8 Å². The molecule has 18 heteroatoms. The van der Waals surface area contributed by atoms with Crippen LogP contribution in [0.25, 0.3) is 0 Å². The van der Waals surface area contributed by atoms with Crippen LogP contribution in [0.1, 0.15) is 37.0 Å². The van der Waals surface area contributed by atoms with Gasteiger partial charge in [-0.2, -0.15) is 29.9 Å². The number of halogens is 2. The van der Waals surface area contributed by atoms with E-state index in [4.69, 9.17) is 38.6 Å². The van der Waals surface area contributed by atoms with Gasteiger partial charge < -0.3 is 16.4 Å². The fraction of sp³-hybridized carbons (Fsp3) is 0.323. The van der Waals surface area contributed by atoms with Crippen LogP contribution in [0.15, 0.2) is 73.6 Å². The minimum atomic E-state index is 0.0360. The Balaban J connectivity index is 0.000000297. The summed E-state index contributed by atoms with van der Waals surface area (Å²) in [5.74, 6) is 1.57. The molecule has 5 heterocycles. The number of nitrogens with zero attached hydrogens (tertiary/aromatic N) is 11. The van der Waals surface area contributed by atoms with Crippen molar-refractivity contribution in [3.63, 3.8) is 0 Å². The number of pyridine rings is 3. The predicted molar refractivity (Wildman–Crippen MR) is 192 cm³/mol. The van der Waals surface area contributed by atoms with Gasteiger partial charge in [-0.3, -0.25) is 24.6 Å². The fourth-order valence-electron chi connectivity index (χ4n) is 3.17. The number of nitrogens with one attached hydrogen (secondary N) is 2. The van der Waals surface area contributed by atoms with E-state index in [0.29, 0.717) is 37.5 Å². The van der Waals surface area contributed by atoms with Gasteiger partial charge in [-0.1, -0.05) is 20.3 Å².